The summed E-state index contributed by atoms with van der Waals surface area (Å²) in [5, 5.41) is 12.2. The van der Waals surface area contributed by atoms with Crippen molar-refractivity contribution in [3.63, 3.8) is 0 Å². The molecule has 2 rings (SSSR count). The molecule has 0 amide bonds. The number of rotatable bonds is 7. The molecule has 1 aliphatic heterocycles. The van der Waals surface area contributed by atoms with Crippen LogP contribution in [-0.2, 0) is 4.74 Å². The van der Waals surface area contributed by atoms with Crippen LogP contribution in [0.2, 0.25) is 0 Å². The van der Waals surface area contributed by atoms with E-state index in [1.807, 2.05) is 12.1 Å². The molecule has 0 fully saturated rings. The van der Waals surface area contributed by atoms with Crippen molar-refractivity contribution < 1.29 is 14.6 Å². The first-order valence-corrected chi connectivity index (χ1v) is 6.96. The van der Waals surface area contributed by atoms with E-state index in [1.165, 1.54) is 5.56 Å². The van der Waals surface area contributed by atoms with Crippen LogP contribution in [0, 0.1) is 5.92 Å². The summed E-state index contributed by atoms with van der Waals surface area (Å²) in [5.41, 5.74) is 1.25. The molecule has 0 saturated carbocycles. The average Bonchev–Trinajstić information content (AvgIpc) is 2.44. The van der Waals surface area contributed by atoms with E-state index in [9.17, 15) is 0 Å². The van der Waals surface area contributed by atoms with E-state index < -0.39 is 0 Å². The number of benzene rings is 1. The van der Waals surface area contributed by atoms with Gasteiger partial charge < -0.3 is 19.9 Å². The lowest BCUT2D eigenvalue weighted by Crippen LogP contribution is -2.34. The predicted molar refractivity (Wildman–Crippen MR) is 74.4 cm³/mol. The fourth-order valence-corrected chi connectivity index (χ4v) is 2.40. The first kappa shape index (κ1) is 14.3. The Labute approximate surface area is 114 Å². The Balaban J connectivity index is 1.82. The number of para-hydroxylation sites is 1. The SMILES string of the molecule is CC1COc2ccccc2C1NCCCOCCO. The van der Waals surface area contributed by atoms with Crippen LogP contribution in [0.25, 0.3) is 0 Å². The van der Waals surface area contributed by atoms with Gasteiger partial charge in [-0.25, -0.2) is 0 Å². The molecule has 1 aromatic carbocycles. The third-order valence-electron chi connectivity index (χ3n) is 3.39. The Hall–Kier alpha value is -1.10. The quantitative estimate of drug-likeness (QED) is 0.737. The molecule has 2 unspecified atom stereocenters. The summed E-state index contributed by atoms with van der Waals surface area (Å²) in [5.74, 6) is 1.46. The molecule has 4 heteroatoms. The number of aliphatic hydroxyl groups is 1. The van der Waals surface area contributed by atoms with Gasteiger partial charge in [-0.2, -0.15) is 0 Å². The van der Waals surface area contributed by atoms with E-state index in [4.69, 9.17) is 14.6 Å². The summed E-state index contributed by atoms with van der Waals surface area (Å²) >= 11 is 0. The molecule has 0 saturated heterocycles. The molecule has 2 atom stereocenters. The number of hydrogen-bond donors (Lipinski definition) is 2. The maximum Gasteiger partial charge on any atom is 0.124 e. The van der Waals surface area contributed by atoms with Crippen LogP contribution in [0.15, 0.2) is 24.3 Å². The molecule has 4 nitrogen and oxygen atoms in total. The molecule has 1 aliphatic rings. The number of aliphatic hydroxyl groups excluding tert-OH is 1. The molecular weight excluding hydrogens is 242 g/mol. The zero-order valence-electron chi connectivity index (χ0n) is 11.5. The van der Waals surface area contributed by atoms with Crippen molar-refractivity contribution in [2.24, 2.45) is 5.92 Å². The third-order valence-corrected chi connectivity index (χ3v) is 3.39. The molecule has 0 bridgehead atoms. The van der Waals surface area contributed by atoms with Gasteiger partial charge in [0.25, 0.3) is 0 Å². The summed E-state index contributed by atoms with van der Waals surface area (Å²) in [6.45, 7) is 5.08. The van der Waals surface area contributed by atoms with Gasteiger partial charge in [0.05, 0.1) is 19.8 Å². The lowest BCUT2D eigenvalue weighted by Gasteiger charge is -2.32. The van der Waals surface area contributed by atoms with Crippen LogP contribution in [0.3, 0.4) is 0 Å². The van der Waals surface area contributed by atoms with E-state index in [2.05, 4.69) is 24.4 Å². The van der Waals surface area contributed by atoms with E-state index in [1.54, 1.807) is 0 Å². The lowest BCUT2D eigenvalue weighted by molar-refractivity contribution is 0.0894. The van der Waals surface area contributed by atoms with Crippen LogP contribution in [0.1, 0.15) is 24.9 Å². The molecule has 0 aromatic heterocycles. The molecular formula is C15H23NO3. The van der Waals surface area contributed by atoms with Crippen LogP contribution < -0.4 is 10.1 Å². The lowest BCUT2D eigenvalue weighted by atomic mass is 9.92. The Bertz CT molecular complexity index is 383. The van der Waals surface area contributed by atoms with Crippen molar-refractivity contribution in [2.45, 2.75) is 19.4 Å². The fraction of sp³-hybridized carbons (Fsp3) is 0.600. The summed E-state index contributed by atoms with van der Waals surface area (Å²) < 4.78 is 11.0. The van der Waals surface area contributed by atoms with Gasteiger partial charge >= 0.3 is 0 Å². The van der Waals surface area contributed by atoms with Gasteiger partial charge in [-0.05, 0) is 19.0 Å². The Morgan fingerprint density at radius 1 is 1.37 bits per heavy atom. The van der Waals surface area contributed by atoms with Gasteiger partial charge in [-0.3, -0.25) is 0 Å². The fourth-order valence-electron chi connectivity index (χ4n) is 2.40. The highest BCUT2D eigenvalue weighted by molar-refractivity contribution is 5.37. The standard InChI is InChI=1S/C15H23NO3/c1-12-11-19-14-6-3-2-5-13(14)15(12)16-7-4-9-18-10-8-17/h2-3,5-6,12,15-17H,4,7-11H2,1H3. The normalized spacial score (nSPS) is 21.8. The van der Waals surface area contributed by atoms with Crippen molar-refractivity contribution in [1.29, 1.82) is 0 Å². The van der Waals surface area contributed by atoms with E-state index in [-0.39, 0.29) is 6.61 Å². The number of fused-ring (bicyclic) bond motifs is 1. The summed E-state index contributed by atoms with van der Waals surface area (Å²) in [4.78, 5) is 0. The zero-order valence-corrected chi connectivity index (χ0v) is 11.5. The average molecular weight is 265 g/mol. The van der Waals surface area contributed by atoms with Gasteiger partial charge in [0.1, 0.15) is 5.75 Å². The van der Waals surface area contributed by atoms with Crippen molar-refractivity contribution >= 4 is 0 Å². The van der Waals surface area contributed by atoms with Gasteiger partial charge in [0.15, 0.2) is 0 Å². The molecule has 0 spiro atoms. The molecule has 2 N–H and O–H groups in total. The molecule has 0 aliphatic carbocycles. The molecule has 1 heterocycles. The largest absolute Gasteiger partial charge is 0.493 e. The van der Waals surface area contributed by atoms with Crippen molar-refractivity contribution in [3.8, 4) is 5.75 Å². The highest BCUT2D eigenvalue weighted by Gasteiger charge is 2.26. The third kappa shape index (κ3) is 3.93. The zero-order chi connectivity index (χ0) is 13.5. The van der Waals surface area contributed by atoms with Gasteiger partial charge in [-0.15, -0.1) is 0 Å². The number of ether oxygens (including phenoxy) is 2. The molecule has 1 aromatic rings. The molecule has 106 valence electrons. The Morgan fingerprint density at radius 2 is 2.21 bits per heavy atom. The van der Waals surface area contributed by atoms with Crippen LogP contribution in [0.5, 0.6) is 5.75 Å². The second kappa shape index (κ2) is 7.48. The smallest absolute Gasteiger partial charge is 0.124 e. The summed E-state index contributed by atoms with van der Waals surface area (Å²) in [6.07, 6.45) is 0.951. The first-order valence-electron chi connectivity index (χ1n) is 6.96. The maximum atomic E-state index is 8.62. The maximum absolute atomic E-state index is 8.62. The number of nitrogens with one attached hydrogen (secondary N) is 1. The highest BCUT2D eigenvalue weighted by atomic mass is 16.5. The minimum absolute atomic E-state index is 0.0950. The highest BCUT2D eigenvalue weighted by Crippen LogP contribution is 2.34. The second-order valence-electron chi connectivity index (χ2n) is 4.95. The predicted octanol–water partition coefficient (Wildman–Crippen LogP) is 1.74. The van der Waals surface area contributed by atoms with Gasteiger partial charge in [0.2, 0.25) is 0 Å². The van der Waals surface area contributed by atoms with E-state index >= 15 is 0 Å². The Morgan fingerprint density at radius 3 is 3.05 bits per heavy atom. The summed E-state index contributed by atoms with van der Waals surface area (Å²) in [6, 6.07) is 8.57. The van der Waals surface area contributed by atoms with E-state index in [0.717, 1.165) is 25.3 Å². The minimum atomic E-state index is 0.0950. The molecule has 19 heavy (non-hydrogen) atoms. The first-order chi connectivity index (χ1) is 9.33. The number of hydrogen-bond acceptors (Lipinski definition) is 4. The topological polar surface area (TPSA) is 50.7 Å². The monoisotopic (exact) mass is 265 g/mol. The van der Waals surface area contributed by atoms with Crippen LogP contribution in [0.4, 0.5) is 0 Å². The van der Waals surface area contributed by atoms with Crippen molar-refractivity contribution in [3.05, 3.63) is 29.8 Å². The minimum Gasteiger partial charge on any atom is -0.493 e. The van der Waals surface area contributed by atoms with Crippen molar-refractivity contribution in [1.82, 2.24) is 5.32 Å². The Kier molecular flexibility index (Phi) is 5.63. The van der Waals surface area contributed by atoms with Crippen molar-refractivity contribution in [2.75, 3.05) is 33.0 Å². The van der Waals surface area contributed by atoms with Crippen LogP contribution in [-0.4, -0.2) is 38.1 Å². The van der Waals surface area contributed by atoms with Crippen LogP contribution >= 0.6 is 0 Å². The van der Waals surface area contributed by atoms with Gasteiger partial charge in [0, 0.05) is 24.1 Å². The molecule has 0 radical (unpaired) electrons. The van der Waals surface area contributed by atoms with E-state index in [0.29, 0.717) is 25.2 Å². The second-order valence-corrected chi connectivity index (χ2v) is 4.95. The van der Waals surface area contributed by atoms with Gasteiger partial charge in [-0.1, -0.05) is 25.1 Å². The summed E-state index contributed by atoms with van der Waals surface area (Å²) in [7, 11) is 0.